The predicted molar refractivity (Wildman–Crippen MR) is 94.5 cm³/mol. The molecule has 26 heavy (non-hydrogen) atoms. The molecule has 1 fully saturated rings. The largest absolute Gasteiger partial charge is 1.00 e. The van der Waals surface area contributed by atoms with Crippen molar-refractivity contribution in [1.82, 2.24) is 10.6 Å². The van der Waals surface area contributed by atoms with Crippen LogP contribution in [0.2, 0.25) is 0 Å². The molecule has 3 nitrogen and oxygen atoms in total. The van der Waals surface area contributed by atoms with Gasteiger partial charge in [0.1, 0.15) is 18.2 Å². The number of piperidine rings is 1. The lowest BCUT2D eigenvalue weighted by Gasteiger charge is -2.22. The molecule has 0 bridgehead atoms. The van der Waals surface area contributed by atoms with Gasteiger partial charge in [0.25, 0.3) is 0 Å². The van der Waals surface area contributed by atoms with Crippen LogP contribution < -0.4 is 40.2 Å². The van der Waals surface area contributed by atoms with Crippen LogP contribution in [-0.2, 0) is 13.2 Å². The van der Waals surface area contributed by atoms with Crippen LogP contribution in [0.15, 0.2) is 48.5 Å². The lowest BCUT2D eigenvalue weighted by Crippen LogP contribution is -3.00. The molecule has 6 heteroatoms. The van der Waals surface area contributed by atoms with Crippen LogP contribution in [0.4, 0.5) is 4.39 Å². The Hall–Kier alpha value is -1.33. The maximum Gasteiger partial charge on any atom is 0.123 e. The van der Waals surface area contributed by atoms with E-state index in [0.29, 0.717) is 6.61 Å². The molecule has 1 heterocycles. The van der Waals surface area contributed by atoms with Crippen molar-refractivity contribution in [3.05, 3.63) is 65.5 Å². The van der Waals surface area contributed by atoms with E-state index in [1.807, 2.05) is 12.1 Å². The molecule has 0 saturated carbocycles. The predicted octanol–water partition coefficient (Wildman–Crippen LogP) is -2.50. The van der Waals surface area contributed by atoms with E-state index in [1.54, 1.807) is 12.1 Å². The Morgan fingerprint density at radius 1 is 1.00 bits per heavy atom. The second-order valence-electron chi connectivity index (χ2n) is 6.39. The van der Waals surface area contributed by atoms with Gasteiger partial charge >= 0.3 is 0 Å². The summed E-state index contributed by atoms with van der Waals surface area (Å²) in [5, 5.41) is 6.95. The smallest absolute Gasteiger partial charge is 0.123 e. The molecule has 1 aliphatic heterocycles. The third-order valence-electron chi connectivity index (χ3n) is 4.44. The molecule has 0 aromatic heterocycles. The summed E-state index contributed by atoms with van der Waals surface area (Å²) in [6.07, 6.45) is 2.52. The normalized spacial score (nSPS) is 14.2. The maximum atomic E-state index is 12.9. The molecule has 3 rings (SSSR count). The number of hydrogen-bond donors (Lipinski definition) is 2. The van der Waals surface area contributed by atoms with Crippen LogP contribution in [0, 0.1) is 11.7 Å². The van der Waals surface area contributed by atoms with Crippen LogP contribution in [-0.4, -0.2) is 19.6 Å². The minimum atomic E-state index is -0.222. The minimum absolute atomic E-state index is 0. The first-order valence-electron chi connectivity index (χ1n) is 8.67. The van der Waals surface area contributed by atoms with Gasteiger partial charge in [-0.05, 0) is 73.8 Å². The van der Waals surface area contributed by atoms with Gasteiger partial charge in [0.05, 0.1) is 0 Å². The van der Waals surface area contributed by atoms with Crippen molar-refractivity contribution in [1.29, 1.82) is 0 Å². The first-order valence-corrected chi connectivity index (χ1v) is 8.67. The van der Waals surface area contributed by atoms with E-state index in [1.165, 1.54) is 30.5 Å². The summed E-state index contributed by atoms with van der Waals surface area (Å²) in [7, 11) is 0. The zero-order valence-corrected chi connectivity index (χ0v) is 16.2. The molecule has 1 saturated heterocycles. The summed E-state index contributed by atoms with van der Waals surface area (Å²) in [5.74, 6) is 1.41. The first kappa shape index (κ1) is 22.7. The van der Waals surface area contributed by atoms with Crippen molar-refractivity contribution >= 4 is 0 Å². The summed E-state index contributed by atoms with van der Waals surface area (Å²) in [6, 6.07) is 14.6. The van der Waals surface area contributed by atoms with Crippen molar-refractivity contribution in [3.8, 4) is 5.75 Å². The van der Waals surface area contributed by atoms with E-state index >= 15 is 0 Å². The molecule has 1 aliphatic rings. The van der Waals surface area contributed by atoms with Crippen LogP contribution in [0.1, 0.15) is 24.0 Å². The molecular weight excluding hydrogens is 374 g/mol. The third-order valence-corrected chi connectivity index (χ3v) is 4.44. The highest BCUT2D eigenvalue weighted by atomic mass is 35.5. The van der Waals surface area contributed by atoms with E-state index in [0.717, 1.165) is 43.4 Å². The summed E-state index contributed by atoms with van der Waals surface area (Å²) in [4.78, 5) is 0. The molecule has 2 aromatic carbocycles. The zero-order chi connectivity index (χ0) is 16.6. The standard InChI is InChI=1S/C20H25FN2O.2ClH/c21-19-6-4-17(5-7-19)15-24-20-3-1-2-18(12-20)14-23-13-16-8-10-22-11-9-16;;/h1-7,12,16,22-23H,8-11,13-15H2;2*1H/p-2. The summed E-state index contributed by atoms with van der Waals surface area (Å²) >= 11 is 0. The average Bonchev–Trinajstić information content (AvgIpc) is 2.63. The van der Waals surface area contributed by atoms with Gasteiger partial charge in [-0.2, -0.15) is 0 Å². The number of rotatable bonds is 7. The van der Waals surface area contributed by atoms with E-state index < -0.39 is 0 Å². The Balaban J connectivity index is 0.00000169. The molecule has 2 aromatic rings. The third kappa shape index (κ3) is 7.50. The fourth-order valence-electron chi connectivity index (χ4n) is 3.00. The number of benzene rings is 2. The van der Waals surface area contributed by atoms with Gasteiger partial charge in [-0.3, -0.25) is 0 Å². The van der Waals surface area contributed by atoms with Crippen LogP contribution in [0.5, 0.6) is 5.75 Å². The molecular formula is C20H25Cl2FN2O-2. The van der Waals surface area contributed by atoms with Crippen molar-refractivity contribution in [3.63, 3.8) is 0 Å². The lowest BCUT2D eigenvalue weighted by atomic mass is 9.98. The van der Waals surface area contributed by atoms with Gasteiger partial charge < -0.3 is 40.2 Å². The second-order valence-corrected chi connectivity index (χ2v) is 6.39. The van der Waals surface area contributed by atoms with Crippen molar-refractivity contribution in [2.45, 2.75) is 26.0 Å². The summed E-state index contributed by atoms with van der Waals surface area (Å²) in [6.45, 7) is 4.66. The Morgan fingerprint density at radius 2 is 1.73 bits per heavy atom. The van der Waals surface area contributed by atoms with E-state index in [9.17, 15) is 4.39 Å². The Kier molecular flexibility index (Phi) is 10.6. The highest BCUT2D eigenvalue weighted by Gasteiger charge is 2.12. The number of nitrogens with one attached hydrogen (secondary N) is 2. The molecule has 2 N–H and O–H groups in total. The molecule has 0 aliphatic carbocycles. The number of halogens is 3. The molecule has 0 spiro atoms. The van der Waals surface area contributed by atoms with Crippen molar-refractivity contribution < 1.29 is 33.9 Å². The van der Waals surface area contributed by atoms with Gasteiger partial charge in [-0.15, -0.1) is 0 Å². The monoisotopic (exact) mass is 398 g/mol. The Labute approximate surface area is 167 Å². The van der Waals surface area contributed by atoms with Gasteiger partial charge in [0.2, 0.25) is 0 Å². The van der Waals surface area contributed by atoms with E-state index in [2.05, 4.69) is 22.8 Å². The Bertz CT molecular complexity index is 634. The molecule has 144 valence electrons. The molecule has 0 atom stereocenters. The minimum Gasteiger partial charge on any atom is -1.00 e. The summed E-state index contributed by atoms with van der Waals surface area (Å²) < 4.78 is 18.7. The molecule has 0 radical (unpaired) electrons. The number of ether oxygens (including phenoxy) is 1. The molecule has 0 amide bonds. The number of hydrogen-bond acceptors (Lipinski definition) is 3. The van der Waals surface area contributed by atoms with Gasteiger partial charge in [-0.25, -0.2) is 4.39 Å². The second kappa shape index (κ2) is 12.1. The lowest BCUT2D eigenvalue weighted by molar-refractivity contribution is -0.00100. The van der Waals surface area contributed by atoms with E-state index in [-0.39, 0.29) is 30.6 Å². The first-order chi connectivity index (χ1) is 11.8. The van der Waals surface area contributed by atoms with Gasteiger partial charge in [0.15, 0.2) is 0 Å². The highest BCUT2D eigenvalue weighted by molar-refractivity contribution is 5.29. The molecule has 0 unspecified atom stereocenters. The van der Waals surface area contributed by atoms with Crippen molar-refractivity contribution in [2.24, 2.45) is 5.92 Å². The van der Waals surface area contributed by atoms with Gasteiger partial charge in [0, 0.05) is 6.54 Å². The Morgan fingerprint density at radius 3 is 2.46 bits per heavy atom. The SMILES string of the molecule is Fc1ccc(COc2cccc(CNCC3CCNCC3)c2)cc1.[Cl-].[Cl-]. The topological polar surface area (TPSA) is 33.3 Å². The fourth-order valence-corrected chi connectivity index (χ4v) is 3.00. The van der Waals surface area contributed by atoms with Crippen LogP contribution >= 0.6 is 0 Å². The van der Waals surface area contributed by atoms with Crippen molar-refractivity contribution in [2.75, 3.05) is 19.6 Å². The quantitative estimate of drug-likeness (QED) is 0.541. The maximum absolute atomic E-state index is 12.9. The van der Waals surface area contributed by atoms with Gasteiger partial charge in [-0.1, -0.05) is 24.3 Å². The summed E-state index contributed by atoms with van der Waals surface area (Å²) in [5.41, 5.74) is 2.19. The van der Waals surface area contributed by atoms with E-state index in [4.69, 9.17) is 4.74 Å². The average molecular weight is 399 g/mol. The van der Waals surface area contributed by atoms with Crippen LogP contribution in [0.25, 0.3) is 0 Å². The van der Waals surface area contributed by atoms with Crippen LogP contribution in [0.3, 0.4) is 0 Å². The fraction of sp³-hybridized carbons (Fsp3) is 0.400. The highest BCUT2D eigenvalue weighted by Crippen LogP contribution is 2.16. The zero-order valence-electron chi connectivity index (χ0n) is 14.7.